The Morgan fingerprint density at radius 2 is 1.62 bits per heavy atom. The molecule has 1 N–H and O–H groups in total. The molecule has 5 atom stereocenters. The van der Waals surface area contributed by atoms with E-state index in [0.717, 1.165) is 0 Å². The van der Waals surface area contributed by atoms with E-state index in [2.05, 4.69) is 0 Å². The first-order valence-electron chi connectivity index (χ1n) is 6.53. The molecule has 0 aromatic rings. The first kappa shape index (κ1) is 17.4. The van der Waals surface area contributed by atoms with Crippen LogP contribution in [0.4, 0.5) is 0 Å². The van der Waals surface area contributed by atoms with Crippen LogP contribution in [0.3, 0.4) is 0 Å². The highest BCUT2D eigenvalue weighted by Gasteiger charge is 2.46. The summed E-state index contributed by atoms with van der Waals surface area (Å²) in [7, 11) is 0. The normalized spacial score (nSPS) is 32.1. The molecule has 0 aromatic heterocycles. The van der Waals surface area contributed by atoms with Gasteiger partial charge in [-0.15, -0.1) is 0 Å². The standard InChI is InChI=1S/C13H20O8/c1-6-11(17)10(5-18-7(2)14)21-13(20-9(4)16)12(6)19-8(3)15/h6,10-13,17H,5H2,1-4H3/t6-,10?,11+,12?,13-/m0/s1. The van der Waals surface area contributed by atoms with Crippen molar-refractivity contribution in [3.05, 3.63) is 0 Å². The second-order valence-corrected chi connectivity index (χ2v) is 4.88. The van der Waals surface area contributed by atoms with Crippen LogP contribution >= 0.6 is 0 Å². The lowest BCUT2D eigenvalue weighted by molar-refractivity contribution is -0.283. The van der Waals surface area contributed by atoms with Crippen LogP contribution in [0.15, 0.2) is 0 Å². The second kappa shape index (κ2) is 7.37. The zero-order valence-corrected chi connectivity index (χ0v) is 12.4. The average molecular weight is 304 g/mol. The van der Waals surface area contributed by atoms with Crippen molar-refractivity contribution >= 4 is 17.9 Å². The minimum Gasteiger partial charge on any atom is -0.463 e. The van der Waals surface area contributed by atoms with Crippen molar-refractivity contribution in [2.75, 3.05) is 6.61 Å². The van der Waals surface area contributed by atoms with E-state index in [0.29, 0.717) is 0 Å². The molecule has 0 amide bonds. The first-order chi connectivity index (χ1) is 9.72. The van der Waals surface area contributed by atoms with Gasteiger partial charge in [0.05, 0.1) is 6.10 Å². The molecule has 120 valence electrons. The fraction of sp³-hybridized carbons (Fsp3) is 0.769. The third-order valence-electron chi connectivity index (χ3n) is 3.05. The number of carbonyl (C=O) groups excluding carboxylic acids is 3. The predicted molar refractivity (Wildman–Crippen MR) is 67.8 cm³/mol. The molecular formula is C13H20O8. The van der Waals surface area contributed by atoms with E-state index in [9.17, 15) is 19.5 Å². The molecule has 1 aliphatic heterocycles. The molecule has 0 saturated carbocycles. The number of ether oxygens (including phenoxy) is 4. The van der Waals surface area contributed by atoms with Crippen LogP contribution in [0.2, 0.25) is 0 Å². The van der Waals surface area contributed by atoms with Crippen molar-refractivity contribution in [2.24, 2.45) is 5.92 Å². The summed E-state index contributed by atoms with van der Waals surface area (Å²) in [5, 5.41) is 10.1. The number of rotatable bonds is 4. The third kappa shape index (κ3) is 4.98. The molecule has 21 heavy (non-hydrogen) atoms. The minimum absolute atomic E-state index is 0.189. The Kier molecular flexibility index (Phi) is 6.10. The van der Waals surface area contributed by atoms with E-state index in [4.69, 9.17) is 18.9 Å². The smallest absolute Gasteiger partial charge is 0.305 e. The van der Waals surface area contributed by atoms with E-state index < -0.39 is 48.4 Å². The zero-order chi connectivity index (χ0) is 16.2. The summed E-state index contributed by atoms with van der Waals surface area (Å²) in [6, 6.07) is 0. The number of aliphatic hydroxyl groups is 1. The van der Waals surface area contributed by atoms with Gasteiger partial charge in [-0.1, -0.05) is 6.92 Å². The van der Waals surface area contributed by atoms with E-state index >= 15 is 0 Å². The summed E-state index contributed by atoms with van der Waals surface area (Å²) >= 11 is 0. The van der Waals surface area contributed by atoms with Gasteiger partial charge in [-0.25, -0.2) is 0 Å². The maximum Gasteiger partial charge on any atom is 0.305 e. The molecule has 2 unspecified atom stereocenters. The molecule has 8 heteroatoms. The van der Waals surface area contributed by atoms with E-state index in [1.165, 1.54) is 20.8 Å². The summed E-state index contributed by atoms with van der Waals surface area (Å²) in [4.78, 5) is 33.1. The van der Waals surface area contributed by atoms with Crippen LogP contribution in [0.1, 0.15) is 27.7 Å². The fourth-order valence-electron chi connectivity index (χ4n) is 2.06. The number of hydrogen-bond acceptors (Lipinski definition) is 8. The monoisotopic (exact) mass is 304 g/mol. The Hall–Kier alpha value is -1.67. The Morgan fingerprint density at radius 3 is 2.10 bits per heavy atom. The molecule has 1 fully saturated rings. The Balaban J connectivity index is 2.84. The molecule has 0 radical (unpaired) electrons. The lowest BCUT2D eigenvalue weighted by Crippen LogP contribution is -2.57. The van der Waals surface area contributed by atoms with Gasteiger partial charge in [0.1, 0.15) is 12.7 Å². The first-order valence-corrected chi connectivity index (χ1v) is 6.53. The highest BCUT2D eigenvalue weighted by atomic mass is 16.7. The highest BCUT2D eigenvalue weighted by molar-refractivity contribution is 5.67. The van der Waals surface area contributed by atoms with Crippen LogP contribution in [-0.4, -0.2) is 54.2 Å². The number of hydrogen-bond donors (Lipinski definition) is 1. The number of aliphatic hydroxyl groups excluding tert-OH is 1. The topological polar surface area (TPSA) is 108 Å². The van der Waals surface area contributed by atoms with Crippen molar-refractivity contribution < 1.29 is 38.4 Å². The van der Waals surface area contributed by atoms with Crippen LogP contribution < -0.4 is 0 Å². The Morgan fingerprint density at radius 1 is 1.05 bits per heavy atom. The predicted octanol–water partition coefficient (Wildman–Crippen LogP) is -0.234. The summed E-state index contributed by atoms with van der Waals surface area (Å²) in [5.74, 6) is -2.29. The Bertz CT molecular complexity index is 405. The van der Waals surface area contributed by atoms with Crippen LogP contribution in [0, 0.1) is 5.92 Å². The summed E-state index contributed by atoms with van der Waals surface area (Å²) in [6.07, 6.45) is -4.01. The van der Waals surface area contributed by atoms with Crippen molar-refractivity contribution in [3.63, 3.8) is 0 Å². The van der Waals surface area contributed by atoms with Gasteiger partial charge in [0, 0.05) is 26.7 Å². The molecule has 1 rings (SSSR count). The molecule has 0 aliphatic carbocycles. The molecule has 0 bridgehead atoms. The maximum atomic E-state index is 11.1. The van der Waals surface area contributed by atoms with Crippen LogP contribution in [0.25, 0.3) is 0 Å². The quantitative estimate of drug-likeness (QED) is 0.560. The van der Waals surface area contributed by atoms with Gasteiger partial charge in [-0.2, -0.15) is 0 Å². The molecule has 1 aliphatic rings. The molecule has 1 heterocycles. The van der Waals surface area contributed by atoms with E-state index in [-0.39, 0.29) is 6.61 Å². The van der Waals surface area contributed by atoms with Gasteiger partial charge in [-0.05, 0) is 0 Å². The van der Waals surface area contributed by atoms with E-state index in [1.807, 2.05) is 0 Å². The van der Waals surface area contributed by atoms with Gasteiger partial charge < -0.3 is 24.1 Å². The van der Waals surface area contributed by atoms with Crippen LogP contribution in [0.5, 0.6) is 0 Å². The van der Waals surface area contributed by atoms with Gasteiger partial charge in [-0.3, -0.25) is 14.4 Å². The highest BCUT2D eigenvalue weighted by Crippen LogP contribution is 2.29. The lowest BCUT2D eigenvalue weighted by Gasteiger charge is -2.41. The summed E-state index contributed by atoms with van der Waals surface area (Å²) < 4.78 is 20.2. The third-order valence-corrected chi connectivity index (χ3v) is 3.05. The summed E-state index contributed by atoms with van der Waals surface area (Å²) in [5.41, 5.74) is 0. The maximum absolute atomic E-state index is 11.1. The largest absolute Gasteiger partial charge is 0.463 e. The average Bonchev–Trinajstić information content (AvgIpc) is 2.35. The molecular weight excluding hydrogens is 284 g/mol. The summed E-state index contributed by atoms with van der Waals surface area (Å²) in [6.45, 7) is 5.05. The number of esters is 3. The number of carbonyl (C=O) groups is 3. The van der Waals surface area contributed by atoms with Gasteiger partial charge in [0.2, 0.25) is 6.29 Å². The van der Waals surface area contributed by atoms with Gasteiger partial charge in [0.25, 0.3) is 0 Å². The van der Waals surface area contributed by atoms with E-state index in [1.54, 1.807) is 6.92 Å². The second-order valence-electron chi connectivity index (χ2n) is 4.88. The lowest BCUT2D eigenvalue weighted by atomic mass is 9.90. The van der Waals surface area contributed by atoms with Gasteiger partial charge in [0.15, 0.2) is 6.10 Å². The van der Waals surface area contributed by atoms with Crippen molar-refractivity contribution in [3.8, 4) is 0 Å². The van der Waals surface area contributed by atoms with Crippen molar-refractivity contribution in [1.29, 1.82) is 0 Å². The zero-order valence-electron chi connectivity index (χ0n) is 12.4. The molecule has 0 spiro atoms. The molecule has 0 aromatic carbocycles. The van der Waals surface area contributed by atoms with Gasteiger partial charge >= 0.3 is 17.9 Å². The van der Waals surface area contributed by atoms with Crippen molar-refractivity contribution in [1.82, 2.24) is 0 Å². The Labute approximate surface area is 122 Å². The van der Waals surface area contributed by atoms with Crippen LogP contribution in [-0.2, 0) is 33.3 Å². The SMILES string of the molecule is CC(=O)OCC1O[C@H](OC(C)=O)C(OC(C)=O)[C@@H](C)[C@H]1O. The minimum atomic E-state index is -1.16. The van der Waals surface area contributed by atoms with Crippen molar-refractivity contribution in [2.45, 2.75) is 52.3 Å². The molecule has 1 saturated heterocycles. The fourth-order valence-corrected chi connectivity index (χ4v) is 2.06. The molecule has 8 nitrogen and oxygen atoms in total.